The number of imidazole rings is 1. The van der Waals surface area contributed by atoms with Gasteiger partial charge in [-0.2, -0.15) is 0 Å². The van der Waals surface area contributed by atoms with Gasteiger partial charge in [-0.05, 0) is 42.6 Å². The number of hydrogen-bond acceptors (Lipinski definition) is 6. The molecule has 1 aromatic carbocycles. The Hall–Kier alpha value is -2.38. The fraction of sp³-hybridized carbons (Fsp3) is 0.235. The van der Waals surface area contributed by atoms with Crippen LogP contribution in [0.4, 0.5) is 0 Å². The average molecular weight is 342 g/mol. The van der Waals surface area contributed by atoms with Crippen molar-refractivity contribution >= 4 is 29.0 Å². The van der Waals surface area contributed by atoms with Gasteiger partial charge in [-0.3, -0.25) is 9.78 Å². The molecule has 24 heavy (non-hydrogen) atoms. The van der Waals surface area contributed by atoms with E-state index in [0.29, 0.717) is 0 Å². The Morgan fingerprint density at radius 2 is 2.08 bits per heavy atom. The van der Waals surface area contributed by atoms with Gasteiger partial charge >= 0.3 is 5.97 Å². The minimum Gasteiger partial charge on any atom is -0.468 e. The maximum absolute atomic E-state index is 11.1. The van der Waals surface area contributed by atoms with E-state index in [0.717, 1.165) is 28.3 Å². The predicted molar refractivity (Wildman–Crippen MR) is 93.7 cm³/mol. The second-order valence-electron chi connectivity index (χ2n) is 5.25. The highest BCUT2D eigenvalue weighted by atomic mass is 32.2. The number of aryl methyl sites for hydroxylation is 1. The van der Waals surface area contributed by atoms with Crippen LogP contribution in [0.3, 0.4) is 0 Å². The molecule has 3 rings (SSSR count). The molecule has 0 saturated heterocycles. The monoisotopic (exact) mass is 342 g/mol. The van der Waals surface area contributed by atoms with Crippen molar-refractivity contribution in [1.29, 1.82) is 0 Å². The molecule has 124 valence electrons. The number of benzene rings is 1. The first-order chi connectivity index (χ1) is 11.7. The summed E-state index contributed by atoms with van der Waals surface area (Å²) < 4.78 is 9.73. The highest BCUT2D eigenvalue weighted by molar-refractivity contribution is 7.97. The Bertz CT molecular complexity index is 845. The number of rotatable bonds is 6. The van der Waals surface area contributed by atoms with Gasteiger partial charge in [-0.25, -0.2) is 9.71 Å². The number of nitrogens with zero attached hydrogens (tertiary/aromatic N) is 3. The van der Waals surface area contributed by atoms with Crippen LogP contribution >= 0.6 is 11.9 Å². The Morgan fingerprint density at radius 1 is 1.29 bits per heavy atom. The number of methoxy groups -OCH3 is 1. The third-order valence-corrected chi connectivity index (χ3v) is 4.44. The minimum absolute atomic E-state index is 0.178. The van der Waals surface area contributed by atoms with Gasteiger partial charge in [0.25, 0.3) is 0 Å². The van der Waals surface area contributed by atoms with Crippen molar-refractivity contribution in [3.63, 3.8) is 0 Å². The molecule has 0 aliphatic rings. The number of carbonyl (C=O) groups is 1. The van der Waals surface area contributed by atoms with Crippen molar-refractivity contribution in [1.82, 2.24) is 19.3 Å². The van der Waals surface area contributed by atoms with Crippen molar-refractivity contribution in [3.05, 3.63) is 54.1 Å². The fourth-order valence-electron chi connectivity index (χ4n) is 2.40. The highest BCUT2D eigenvalue weighted by Gasteiger charge is 2.07. The van der Waals surface area contributed by atoms with Crippen LogP contribution < -0.4 is 4.72 Å². The predicted octanol–water partition coefficient (Wildman–Crippen LogP) is 2.56. The summed E-state index contributed by atoms with van der Waals surface area (Å²) in [6, 6.07) is 10.2. The van der Waals surface area contributed by atoms with Gasteiger partial charge < -0.3 is 9.30 Å². The summed E-state index contributed by atoms with van der Waals surface area (Å²) in [6.45, 7) is 2.94. The normalized spacial score (nSPS) is 10.9. The summed E-state index contributed by atoms with van der Waals surface area (Å²) in [6.07, 6.45) is 3.57. The van der Waals surface area contributed by atoms with Gasteiger partial charge in [-0.1, -0.05) is 12.1 Å². The van der Waals surface area contributed by atoms with Crippen LogP contribution in [0.5, 0.6) is 0 Å². The van der Waals surface area contributed by atoms with E-state index in [9.17, 15) is 4.79 Å². The van der Waals surface area contributed by atoms with Crippen LogP contribution in [0.15, 0.2) is 47.6 Å². The second-order valence-corrected chi connectivity index (χ2v) is 6.22. The first kappa shape index (κ1) is 16.5. The zero-order chi connectivity index (χ0) is 16.9. The van der Waals surface area contributed by atoms with Gasteiger partial charge in [-0.15, -0.1) is 0 Å². The Kier molecular flexibility index (Phi) is 5.12. The van der Waals surface area contributed by atoms with E-state index in [1.807, 2.05) is 25.1 Å². The summed E-state index contributed by atoms with van der Waals surface area (Å²) in [7, 11) is 1.38. The fourth-order valence-corrected chi connectivity index (χ4v) is 3.03. The van der Waals surface area contributed by atoms with E-state index in [1.54, 1.807) is 12.4 Å². The second kappa shape index (κ2) is 7.46. The number of fused-ring (bicyclic) bond motifs is 1. The number of hydrogen-bond donors (Lipinski definition) is 1. The molecule has 0 unspecified atom stereocenters. The number of pyridine rings is 1. The number of esters is 1. The van der Waals surface area contributed by atoms with Crippen LogP contribution in [-0.2, 0) is 16.1 Å². The van der Waals surface area contributed by atoms with Crippen molar-refractivity contribution in [3.8, 4) is 0 Å². The minimum atomic E-state index is -0.281. The van der Waals surface area contributed by atoms with Crippen molar-refractivity contribution in [2.45, 2.75) is 18.4 Å². The molecular formula is C17H18N4O2S. The quantitative estimate of drug-likeness (QED) is 0.548. The first-order valence-corrected chi connectivity index (χ1v) is 8.31. The van der Waals surface area contributed by atoms with Crippen molar-refractivity contribution in [2.75, 3.05) is 13.7 Å². The first-order valence-electron chi connectivity index (χ1n) is 7.49. The summed E-state index contributed by atoms with van der Waals surface area (Å²) in [5.74, 6) is 0.687. The number of carbonyl (C=O) groups excluding carboxylic acids is 1. The maximum atomic E-state index is 11.1. The summed E-state index contributed by atoms with van der Waals surface area (Å²) in [5, 5.41) is 0. The maximum Gasteiger partial charge on any atom is 0.320 e. The lowest BCUT2D eigenvalue weighted by atomic mass is 10.2. The molecular weight excluding hydrogens is 324 g/mol. The molecule has 0 bridgehead atoms. The Balaban J connectivity index is 1.67. The van der Waals surface area contributed by atoms with Gasteiger partial charge in [0.15, 0.2) is 0 Å². The van der Waals surface area contributed by atoms with Crippen LogP contribution in [-0.4, -0.2) is 34.2 Å². The van der Waals surface area contributed by atoms with Crippen LogP contribution in [0.2, 0.25) is 0 Å². The van der Waals surface area contributed by atoms with Crippen LogP contribution in [0.1, 0.15) is 11.4 Å². The Morgan fingerprint density at radius 3 is 2.83 bits per heavy atom. The van der Waals surface area contributed by atoms with E-state index < -0.39 is 0 Å². The molecule has 0 saturated carbocycles. The molecule has 0 fully saturated rings. The lowest BCUT2D eigenvalue weighted by Gasteiger charge is -2.08. The van der Waals surface area contributed by atoms with Crippen LogP contribution in [0.25, 0.3) is 11.0 Å². The number of ether oxygens (including phenoxy) is 1. The smallest absolute Gasteiger partial charge is 0.320 e. The van der Waals surface area contributed by atoms with Crippen LogP contribution in [0, 0.1) is 6.92 Å². The number of aromatic nitrogens is 3. The molecule has 0 aliphatic carbocycles. The topological polar surface area (TPSA) is 69.0 Å². The molecule has 0 aliphatic heterocycles. The molecule has 3 aromatic rings. The average Bonchev–Trinajstić information content (AvgIpc) is 2.92. The molecule has 0 spiro atoms. The molecule has 0 atom stereocenters. The van der Waals surface area contributed by atoms with Gasteiger partial charge in [0.2, 0.25) is 0 Å². The largest absolute Gasteiger partial charge is 0.468 e. The molecule has 0 radical (unpaired) electrons. The molecule has 7 heteroatoms. The molecule has 2 aromatic heterocycles. The van der Waals surface area contributed by atoms with E-state index in [-0.39, 0.29) is 12.5 Å². The summed E-state index contributed by atoms with van der Waals surface area (Å²) >= 11 is 1.41. The molecule has 0 amide bonds. The summed E-state index contributed by atoms with van der Waals surface area (Å²) in [4.78, 5) is 20.8. The van der Waals surface area contributed by atoms with Gasteiger partial charge in [0, 0.05) is 17.6 Å². The van der Waals surface area contributed by atoms with Gasteiger partial charge in [0.05, 0.1) is 18.8 Å². The van der Waals surface area contributed by atoms with Crippen molar-refractivity contribution < 1.29 is 9.53 Å². The van der Waals surface area contributed by atoms with Gasteiger partial charge in [0.1, 0.15) is 17.9 Å². The number of nitrogens with one attached hydrogen (secondary N) is 1. The highest BCUT2D eigenvalue weighted by Crippen LogP contribution is 2.19. The molecule has 2 heterocycles. The Labute approximate surface area is 144 Å². The summed E-state index contributed by atoms with van der Waals surface area (Å²) in [5.41, 5.74) is 3.18. The lowest BCUT2D eigenvalue weighted by Crippen LogP contribution is -2.17. The van der Waals surface area contributed by atoms with Crippen molar-refractivity contribution in [2.24, 2.45) is 0 Å². The molecule has 6 nitrogen and oxygen atoms in total. The lowest BCUT2D eigenvalue weighted by molar-refractivity contribution is -0.139. The zero-order valence-corrected chi connectivity index (χ0v) is 14.3. The SMILES string of the molecule is COC(=O)CNSc1ccc(Cn2c(C)nc3cnccc32)cc1. The molecule has 1 N–H and O–H groups in total. The van der Waals surface area contributed by atoms with E-state index in [1.165, 1.54) is 24.6 Å². The van der Waals surface area contributed by atoms with E-state index >= 15 is 0 Å². The third-order valence-electron chi connectivity index (χ3n) is 3.64. The van der Waals surface area contributed by atoms with E-state index in [4.69, 9.17) is 0 Å². The zero-order valence-electron chi connectivity index (χ0n) is 13.5. The van der Waals surface area contributed by atoms with E-state index in [2.05, 4.69) is 36.1 Å². The standard InChI is InChI=1S/C17H18N4O2S/c1-12-20-15-9-18-8-7-16(15)21(12)11-13-3-5-14(6-4-13)24-19-10-17(22)23-2/h3-9,19H,10-11H2,1-2H3. The third kappa shape index (κ3) is 3.74.